The SMILES string of the molecule is O=C(c1cnc(-n2ccnc2)nc1)C1CC2COCC(C1)N2C(=O)OCc1ccccc1. The fraction of sp³-hybridized carbons (Fsp3) is 0.348. The zero-order valence-electron chi connectivity index (χ0n) is 17.4. The molecule has 2 unspecified atom stereocenters. The Morgan fingerprint density at radius 3 is 2.44 bits per heavy atom. The number of ketones is 1. The van der Waals surface area contributed by atoms with E-state index in [2.05, 4.69) is 15.0 Å². The first-order chi connectivity index (χ1) is 15.7. The summed E-state index contributed by atoms with van der Waals surface area (Å²) in [5, 5.41) is 0. The van der Waals surface area contributed by atoms with Crippen LogP contribution in [0, 0.1) is 5.92 Å². The van der Waals surface area contributed by atoms with E-state index in [9.17, 15) is 9.59 Å². The number of morpholine rings is 1. The summed E-state index contributed by atoms with van der Waals surface area (Å²) < 4.78 is 12.9. The third-order valence-electron chi connectivity index (χ3n) is 5.97. The summed E-state index contributed by atoms with van der Waals surface area (Å²) in [5.74, 6) is 0.242. The number of hydrogen-bond acceptors (Lipinski definition) is 7. The lowest BCUT2D eigenvalue weighted by Crippen LogP contribution is -2.59. The lowest BCUT2D eigenvalue weighted by Gasteiger charge is -2.47. The molecule has 164 valence electrons. The topological polar surface area (TPSA) is 99.4 Å². The molecule has 0 aliphatic carbocycles. The number of hydrogen-bond donors (Lipinski definition) is 0. The van der Waals surface area contributed by atoms with E-state index in [4.69, 9.17) is 9.47 Å². The smallest absolute Gasteiger partial charge is 0.410 e. The lowest BCUT2D eigenvalue weighted by molar-refractivity contribution is -0.0755. The summed E-state index contributed by atoms with van der Waals surface area (Å²) in [4.78, 5) is 40.3. The van der Waals surface area contributed by atoms with Crippen LogP contribution in [0.25, 0.3) is 5.95 Å². The van der Waals surface area contributed by atoms with E-state index in [1.807, 2.05) is 30.3 Å². The molecular formula is C23H23N5O4. The average molecular weight is 433 g/mol. The number of piperidine rings is 1. The maximum absolute atomic E-state index is 13.1. The van der Waals surface area contributed by atoms with Crippen LogP contribution in [0.15, 0.2) is 61.4 Å². The Hall–Kier alpha value is -3.59. The van der Waals surface area contributed by atoms with E-state index < -0.39 is 0 Å². The van der Waals surface area contributed by atoms with Gasteiger partial charge in [0.05, 0.1) is 30.9 Å². The van der Waals surface area contributed by atoms with Gasteiger partial charge in [0.15, 0.2) is 5.78 Å². The zero-order valence-corrected chi connectivity index (χ0v) is 17.4. The van der Waals surface area contributed by atoms with E-state index >= 15 is 0 Å². The summed E-state index contributed by atoms with van der Waals surface area (Å²) in [5.41, 5.74) is 1.41. The monoisotopic (exact) mass is 433 g/mol. The number of aromatic nitrogens is 4. The van der Waals surface area contributed by atoms with Crippen LogP contribution in [0.2, 0.25) is 0 Å². The molecule has 2 atom stereocenters. The summed E-state index contributed by atoms with van der Waals surface area (Å²) in [6.45, 7) is 1.02. The molecule has 2 bridgehead atoms. The Labute approximate surface area is 185 Å². The molecule has 0 N–H and O–H groups in total. The van der Waals surface area contributed by atoms with Gasteiger partial charge in [-0.15, -0.1) is 0 Å². The quantitative estimate of drug-likeness (QED) is 0.570. The number of amides is 1. The molecule has 2 aliphatic rings. The maximum Gasteiger partial charge on any atom is 0.410 e. The van der Waals surface area contributed by atoms with E-state index in [-0.39, 0.29) is 36.5 Å². The van der Waals surface area contributed by atoms with Crippen molar-refractivity contribution in [3.05, 3.63) is 72.6 Å². The van der Waals surface area contributed by atoms with Gasteiger partial charge < -0.3 is 9.47 Å². The number of rotatable bonds is 5. The number of ether oxygens (including phenoxy) is 2. The van der Waals surface area contributed by atoms with Gasteiger partial charge in [-0.05, 0) is 18.4 Å². The third-order valence-corrected chi connectivity index (χ3v) is 5.97. The van der Waals surface area contributed by atoms with Crippen LogP contribution in [0.1, 0.15) is 28.8 Å². The molecule has 32 heavy (non-hydrogen) atoms. The number of nitrogens with zero attached hydrogens (tertiary/aromatic N) is 5. The molecule has 1 amide bonds. The maximum atomic E-state index is 13.1. The molecule has 0 saturated carbocycles. The third kappa shape index (κ3) is 4.11. The molecule has 9 heteroatoms. The van der Waals surface area contributed by atoms with Gasteiger partial charge in [-0.3, -0.25) is 14.3 Å². The molecule has 2 aliphatic heterocycles. The van der Waals surface area contributed by atoms with Crippen molar-refractivity contribution in [3.63, 3.8) is 0 Å². The highest BCUT2D eigenvalue weighted by Crippen LogP contribution is 2.34. The fourth-order valence-corrected chi connectivity index (χ4v) is 4.42. The molecule has 2 saturated heterocycles. The summed E-state index contributed by atoms with van der Waals surface area (Å²) in [6, 6.07) is 9.20. The van der Waals surface area contributed by atoms with Crippen LogP contribution in [-0.2, 0) is 16.1 Å². The van der Waals surface area contributed by atoms with Crippen LogP contribution in [0.4, 0.5) is 4.79 Å². The first kappa shape index (κ1) is 20.3. The Morgan fingerprint density at radius 2 is 1.78 bits per heavy atom. The van der Waals surface area contributed by atoms with Crippen molar-refractivity contribution in [1.82, 2.24) is 24.4 Å². The average Bonchev–Trinajstić information content (AvgIpc) is 3.37. The second-order valence-electron chi connectivity index (χ2n) is 8.07. The Balaban J connectivity index is 1.24. The zero-order chi connectivity index (χ0) is 21.9. The van der Waals surface area contributed by atoms with Gasteiger partial charge in [-0.25, -0.2) is 19.7 Å². The molecule has 2 fully saturated rings. The van der Waals surface area contributed by atoms with Gasteiger partial charge in [0.25, 0.3) is 0 Å². The van der Waals surface area contributed by atoms with Gasteiger partial charge >= 0.3 is 6.09 Å². The predicted molar refractivity (Wildman–Crippen MR) is 113 cm³/mol. The van der Waals surface area contributed by atoms with Crippen molar-refractivity contribution in [2.45, 2.75) is 31.5 Å². The first-order valence-corrected chi connectivity index (χ1v) is 10.6. The van der Waals surface area contributed by atoms with Crippen LogP contribution in [0.5, 0.6) is 0 Å². The number of carbonyl (C=O) groups excluding carboxylic acids is 2. The number of benzene rings is 1. The summed E-state index contributed by atoms with van der Waals surface area (Å²) in [6.07, 6.45) is 8.79. The second-order valence-corrected chi connectivity index (χ2v) is 8.07. The normalized spacial score (nSPS) is 22.4. The lowest BCUT2D eigenvalue weighted by atomic mass is 9.81. The van der Waals surface area contributed by atoms with Crippen LogP contribution >= 0.6 is 0 Å². The number of Topliss-reactive ketones (excluding diaryl/α,β-unsaturated/α-hetero) is 1. The van der Waals surface area contributed by atoms with E-state index in [0.717, 1.165) is 5.56 Å². The van der Waals surface area contributed by atoms with E-state index in [1.165, 1.54) is 0 Å². The second kappa shape index (κ2) is 8.88. The fourth-order valence-electron chi connectivity index (χ4n) is 4.42. The molecule has 9 nitrogen and oxygen atoms in total. The van der Waals surface area contributed by atoms with Crippen molar-refractivity contribution in [3.8, 4) is 5.95 Å². The van der Waals surface area contributed by atoms with Crippen LogP contribution in [0.3, 0.4) is 0 Å². The van der Waals surface area contributed by atoms with Gasteiger partial charge in [0, 0.05) is 30.7 Å². The first-order valence-electron chi connectivity index (χ1n) is 10.6. The molecule has 2 aromatic heterocycles. The summed E-state index contributed by atoms with van der Waals surface area (Å²) >= 11 is 0. The van der Waals surface area contributed by atoms with E-state index in [0.29, 0.717) is 37.6 Å². The number of carbonyl (C=O) groups is 2. The largest absolute Gasteiger partial charge is 0.445 e. The molecule has 3 aromatic rings. The van der Waals surface area contributed by atoms with Crippen molar-refractivity contribution in [2.75, 3.05) is 13.2 Å². The Kier molecular flexibility index (Phi) is 5.64. The predicted octanol–water partition coefficient (Wildman–Crippen LogP) is 2.66. The number of fused-ring (bicyclic) bond motifs is 2. The highest BCUT2D eigenvalue weighted by atomic mass is 16.6. The minimum Gasteiger partial charge on any atom is -0.445 e. The molecule has 1 aromatic carbocycles. The van der Waals surface area contributed by atoms with Gasteiger partial charge in [0.1, 0.15) is 12.9 Å². The molecule has 0 radical (unpaired) electrons. The standard InChI is InChI=1S/C23H23N5O4/c29-21(18-10-25-22(26-11-18)27-7-6-24-15-27)17-8-19-13-31-14-20(9-17)28(19)23(30)32-12-16-4-2-1-3-5-16/h1-7,10-11,15,17,19-20H,8-9,12-14H2. The van der Waals surface area contributed by atoms with Crippen molar-refractivity contribution in [1.29, 1.82) is 0 Å². The van der Waals surface area contributed by atoms with Crippen LogP contribution < -0.4 is 0 Å². The Bertz CT molecular complexity index is 1060. The summed E-state index contributed by atoms with van der Waals surface area (Å²) in [7, 11) is 0. The van der Waals surface area contributed by atoms with Crippen molar-refractivity contribution < 1.29 is 19.1 Å². The molecule has 0 spiro atoms. The van der Waals surface area contributed by atoms with Crippen LogP contribution in [-0.4, -0.2) is 61.6 Å². The highest BCUT2D eigenvalue weighted by Gasteiger charge is 2.44. The molecular weight excluding hydrogens is 410 g/mol. The molecule has 5 rings (SSSR count). The number of imidazole rings is 1. The van der Waals surface area contributed by atoms with Gasteiger partial charge in [0.2, 0.25) is 5.95 Å². The minimum absolute atomic E-state index is 0.00335. The highest BCUT2D eigenvalue weighted by molar-refractivity contribution is 5.97. The van der Waals surface area contributed by atoms with Crippen molar-refractivity contribution in [2.24, 2.45) is 5.92 Å². The van der Waals surface area contributed by atoms with Crippen molar-refractivity contribution >= 4 is 11.9 Å². The minimum atomic E-state index is -0.355. The van der Waals surface area contributed by atoms with E-state index in [1.54, 1.807) is 40.6 Å². The Morgan fingerprint density at radius 1 is 1.06 bits per heavy atom. The molecule has 4 heterocycles. The van der Waals surface area contributed by atoms with Gasteiger partial charge in [-0.2, -0.15) is 0 Å². The van der Waals surface area contributed by atoms with Gasteiger partial charge in [-0.1, -0.05) is 30.3 Å².